The molecule has 1 aliphatic heterocycles. The molecule has 180 valence electrons. The fourth-order valence-electron chi connectivity index (χ4n) is 4.32. The van der Waals surface area contributed by atoms with Crippen molar-refractivity contribution in [2.45, 2.75) is 19.4 Å². The SMILES string of the molecule is C=CCN(C(=O)c1ccccc1F)C1CC(=O)N(c2ccc(-c3nc4ccc(C)cc4s3)cc2)C1=O. The summed E-state index contributed by atoms with van der Waals surface area (Å²) in [6, 6.07) is 17.6. The summed E-state index contributed by atoms with van der Waals surface area (Å²) >= 11 is 1.57. The number of rotatable bonds is 6. The maximum absolute atomic E-state index is 14.3. The van der Waals surface area contributed by atoms with Gasteiger partial charge in [0.05, 0.1) is 27.9 Å². The summed E-state index contributed by atoms with van der Waals surface area (Å²) in [4.78, 5) is 46.3. The number of halogens is 1. The second-order valence-electron chi connectivity index (χ2n) is 8.55. The highest BCUT2D eigenvalue weighted by Crippen LogP contribution is 2.33. The van der Waals surface area contributed by atoms with Crippen molar-refractivity contribution in [3.8, 4) is 10.6 Å². The Balaban J connectivity index is 1.40. The van der Waals surface area contributed by atoms with Crippen LogP contribution in [0, 0.1) is 12.7 Å². The maximum atomic E-state index is 14.3. The lowest BCUT2D eigenvalue weighted by atomic mass is 10.1. The van der Waals surface area contributed by atoms with Gasteiger partial charge in [0.25, 0.3) is 11.8 Å². The van der Waals surface area contributed by atoms with E-state index < -0.39 is 29.6 Å². The number of hydrogen-bond acceptors (Lipinski definition) is 5. The number of aromatic nitrogens is 1. The molecule has 1 fully saturated rings. The highest BCUT2D eigenvalue weighted by Gasteiger charge is 2.44. The first-order valence-electron chi connectivity index (χ1n) is 11.4. The van der Waals surface area contributed by atoms with Crippen molar-refractivity contribution in [3.63, 3.8) is 0 Å². The Kier molecular flexibility index (Phi) is 6.20. The van der Waals surface area contributed by atoms with Crippen LogP contribution in [0.25, 0.3) is 20.8 Å². The summed E-state index contributed by atoms with van der Waals surface area (Å²) in [5, 5.41) is 0.840. The summed E-state index contributed by atoms with van der Waals surface area (Å²) < 4.78 is 15.4. The Hall–Kier alpha value is -4.17. The maximum Gasteiger partial charge on any atom is 0.257 e. The van der Waals surface area contributed by atoms with Crippen LogP contribution in [0.4, 0.5) is 10.1 Å². The molecule has 5 rings (SSSR count). The molecule has 0 radical (unpaired) electrons. The van der Waals surface area contributed by atoms with Crippen LogP contribution in [0.15, 0.2) is 79.4 Å². The lowest BCUT2D eigenvalue weighted by molar-refractivity contribution is -0.122. The Morgan fingerprint density at radius 3 is 2.64 bits per heavy atom. The van der Waals surface area contributed by atoms with Crippen LogP contribution in [-0.2, 0) is 9.59 Å². The van der Waals surface area contributed by atoms with E-state index >= 15 is 0 Å². The number of carbonyl (C=O) groups is 3. The van der Waals surface area contributed by atoms with Gasteiger partial charge in [-0.3, -0.25) is 14.4 Å². The van der Waals surface area contributed by atoms with Gasteiger partial charge in [-0.25, -0.2) is 14.3 Å². The molecule has 0 bridgehead atoms. The van der Waals surface area contributed by atoms with Gasteiger partial charge in [0.15, 0.2) is 0 Å². The monoisotopic (exact) mass is 499 g/mol. The number of benzene rings is 3. The van der Waals surface area contributed by atoms with Crippen LogP contribution < -0.4 is 4.90 Å². The number of fused-ring (bicyclic) bond motifs is 1. The first kappa shape index (κ1) is 23.6. The zero-order chi connectivity index (χ0) is 25.4. The van der Waals surface area contributed by atoms with Crippen molar-refractivity contribution >= 4 is 45.0 Å². The smallest absolute Gasteiger partial charge is 0.257 e. The molecule has 2 heterocycles. The van der Waals surface area contributed by atoms with Crippen LogP contribution in [-0.4, -0.2) is 40.2 Å². The molecule has 0 saturated carbocycles. The molecular formula is C28H22FN3O3S. The van der Waals surface area contributed by atoms with Crippen molar-refractivity contribution in [1.29, 1.82) is 0 Å². The predicted molar refractivity (Wildman–Crippen MR) is 138 cm³/mol. The molecule has 36 heavy (non-hydrogen) atoms. The van der Waals surface area contributed by atoms with Gasteiger partial charge in [0.1, 0.15) is 16.9 Å². The van der Waals surface area contributed by atoms with E-state index in [9.17, 15) is 18.8 Å². The minimum Gasteiger partial charge on any atom is -0.322 e. The standard InChI is InChI=1S/C28H22FN3O3S/c1-3-14-31(27(34)20-6-4-5-7-21(20)29)23-16-25(33)32(28(23)35)19-11-9-18(10-12-19)26-30-22-13-8-17(2)15-24(22)36-26/h3-13,15,23H,1,14,16H2,2H3. The van der Waals surface area contributed by atoms with E-state index in [-0.39, 0.29) is 18.5 Å². The number of anilines is 1. The van der Waals surface area contributed by atoms with Gasteiger partial charge < -0.3 is 4.90 Å². The third-order valence-electron chi connectivity index (χ3n) is 6.11. The van der Waals surface area contributed by atoms with Crippen molar-refractivity contribution in [1.82, 2.24) is 9.88 Å². The highest BCUT2D eigenvalue weighted by molar-refractivity contribution is 7.21. The molecule has 8 heteroatoms. The van der Waals surface area contributed by atoms with Crippen LogP contribution in [0.3, 0.4) is 0 Å². The van der Waals surface area contributed by atoms with Crippen LogP contribution in [0.1, 0.15) is 22.3 Å². The summed E-state index contributed by atoms with van der Waals surface area (Å²) in [6.07, 6.45) is 1.26. The molecule has 0 spiro atoms. The van der Waals surface area contributed by atoms with Gasteiger partial charge in [-0.15, -0.1) is 17.9 Å². The van der Waals surface area contributed by atoms with Crippen LogP contribution >= 0.6 is 11.3 Å². The van der Waals surface area contributed by atoms with Crippen LogP contribution in [0.2, 0.25) is 0 Å². The highest BCUT2D eigenvalue weighted by atomic mass is 32.1. The van der Waals surface area contributed by atoms with Crippen molar-refractivity contribution in [2.24, 2.45) is 0 Å². The Labute approximate surface area is 211 Å². The number of carbonyl (C=O) groups excluding carboxylic acids is 3. The topological polar surface area (TPSA) is 70.6 Å². The molecule has 1 atom stereocenters. The molecular weight excluding hydrogens is 477 g/mol. The molecule has 0 N–H and O–H groups in total. The molecule has 1 aromatic heterocycles. The molecule has 1 unspecified atom stereocenters. The zero-order valence-electron chi connectivity index (χ0n) is 19.5. The Morgan fingerprint density at radius 1 is 1.17 bits per heavy atom. The molecule has 1 saturated heterocycles. The number of hydrogen-bond donors (Lipinski definition) is 0. The fraction of sp³-hybridized carbons (Fsp3) is 0.143. The molecule has 4 aromatic rings. The number of thiazole rings is 1. The quantitative estimate of drug-likeness (QED) is 0.264. The Bertz CT molecular complexity index is 1510. The van der Waals surface area contributed by atoms with Crippen molar-refractivity contribution in [3.05, 3.63) is 96.3 Å². The van der Waals surface area contributed by atoms with E-state index in [2.05, 4.69) is 17.6 Å². The molecule has 0 aliphatic carbocycles. The van der Waals surface area contributed by atoms with E-state index in [4.69, 9.17) is 0 Å². The van der Waals surface area contributed by atoms with Gasteiger partial charge in [-0.1, -0.05) is 24.3 Å². The Morgan fingerprint density at radius 2 is 1.92 bits per heavy atom. The molecule has 3 aromatic carbocycles. The van der Waals surface area contributed by atoms with Crippen molar-refractivity contribution < 1.29 is 18.8 Å². The second kappa shape index (κ2) is 9.47. The number of imide groups is 1. The normalized spacial score (nSPS) is 15.5. The molecule has 3 amide bonds. The summed E-state index contributed by atoms with van der Waals surface area (Å²) in [6.45, 7) is 5.68. The number of nitrogens with zero attached hydrogens (tertiary/aromatic N) is 3. The predicted octanol–water partition coefficient (Wildman–Crippen LogP) is 5.37. The second-order valence-corrected chi connectivity index (χ2v) is 9.58. The lowest BCUT2D eigenvalue weighted by Gasteiger charge is -2.26. The zero-order valence-corrected chi connectivity index (χ0v) is 20.3. The fourth-order valence-corrected chi connectivity index (χ4v) is 5.39. The van der Waals surface area contributed by atoms with Crippen molar-refractivity contribution in [2.75, 3.05) is 11.4 Å². The van der Waals surface area contributed by atoms with Gasteiger partial charge >= 0.3 is 0 Å². The number of aryl methyl sites for hydroxylation is 1. The average molecular weight is 500 g/mol. The average Bonchev–Trinajstić information content (AvgIpc) is 3.42. The first-order chi connectivity index (χ1) is 17.4. The lowest BCUT2D eigenvalue weighted by Crippen LogP contribution is -2.45. The van der Waals surface area contributed by atoms with E-state index in [0.29, 0.717) is 5.69 Å². The summed E-state index contributed by atoms with van der Waals surface area (Å²) in [7, 11) is 0. The van der Waals surface area contributed by atoms with Gasteiger partial charge in [0, 0.05) is 12.1 Å². The van der Waals surface area contributed by atoms with Crippen LogP contribution in [0.5, 0.6) is 0 Å². The molecule has 1 aliphatic rings. The summed E-state index contributed by atoms with van der Waals surface area (Å²) in [5.41, 5.74) is 3.20. The van der Waals surface area contributed by atoms with E-state index in [1.165, 1.54) is 29.2 Å². The minimum atomic E-state index is -1.05. The summed E-state index contributed by atoms with van der Waals surface area (Å²) in [5.74, 6) is -2.31. The first-order valence-corrected chi connectivity index (χ1v) is 12.2. The number of amides is 3. The van der Waals surface area contributed by atoms with Gasteiger partial charge in [-0.05, 0) is 61.0 Å². The minimum absolute atomic E-state index is 0.000707. The van der Waals surface area contributed by atoms with E-state index in [0.717, 1.165) is 31.3 Å². The largest absolute Gasteiger partial charge is 0.322 e. The van der Waals surface area contributed by atoms with Gasteiger partial charge in [-0.2, -0.15) is 0 Å². The van der Waals surface area contributed by atoms with E-state index in [1.54, 1.807) is 29.5 Å². The third kappa shape index (κ3) is 4.20. The van der Waals surface area contributed by atoms with E-state index in [1.807, 2.05) is 31.2 Å². The van der Waals surface area contributed by atoms with Gasteiger partial charge in [0.2, 0.25) is 5.91 Å². The third-order valence-corrected chi connectivity index (χ3v) is 7.17. The molecule has 6 nitrogen and oxygen atoms in total.